The van der Waals surface area contributed by atoms with Gasteiger partial charge >= 0.3 is 0 Å². The highest BCUT2D eigenvalue weighted by molar-refractivity contribution is 5.43. The molecule has 1 unspecified atom stereocenters. The standard InChI is InChI=1S/C13H17N5O2/c1-10-3-4-12(9-13(10)18(19)20)11(2)14-5-7-17-8-6-15-16-17/h3-4,6,8-9,11,14H,5,7H2,1-2H3. The maximum Gasteiger partial charge on any atom is 0.272 e. The fraction of sp³-hybridized carbons (Fsp3) is 0.385. The van der Waals surface area contributed by atoms with Crippen LogP contribution in [0.25, 0.3) is 0 Å². The van der Waals surface area contributed by atoms with Crippen molar-refractivity contribution in [1.82, 2.24) is 20.3 Å². The first-order valence-electron chi connectivity index (χ1n) is 6.40. The van der Waals surface area contributed by atoms with Crippen LogP contribution in [0.1, 0.15) is 24.1 Å². The highest BCUT2D eigenvalue weighted by Gasteiger charge is 2.13. The molecule has 0 saturated heterocycles. The number of aryl methyl sites for hydroxylation is 1. The number of nitro benzene ring substituents is 1. The fourth-order valence-corrected chi connectivity index (χ4v) is 1.96. The first-order valence-corrected chi connectivity index (χ1v) is 6.40. The molecule has 2 aromatic rings. The number of nitro groups is 1. The summed E-state index contributed by atoms with van der Waals surface area (Å²) in [5.41, 5.74) is 1.74. The molecule has 0 saturated carbocycles. The Morgan fingerprint density at radius 1 is 1.50 bits per heavy atom. The van der Waals surface area contributed by atoms with Gasteiger partial charge in [0, 0.05) is 30.4 Å². The van der Waals surface area contributed by atoms with Crippen LogP contribution in [0.5, 0.6) is 0 Å². The van der Waals surface area contributed by atoms with Crippen molar-refractivity contribution in [2.75, 3.05) is 6.54 Å². The van der Waals surface area contributed by atoms with Crippen LogP contribution in [0.15, 0.2) is 30.6 Å². The van der Waals surface area contributed by atoms with Crippen molar-refractivity contribution in [3.63, 3.8) is 0 Å². The maximum atomic E-state index is 10.9. The lowest BCUT2D eigenvalue weighted by molar-refractivity contribution is -0.385. The van der Waals surface area contributed by atoms with Crippen LogP contribution in [0.2, 0.25) is 0 Å². The number of rotatable bonds is 6. The first kappa shape index (κ1) is 14.1. The van der Waals surface area contributed by atoms with Crippen molar-refractivity contribution in [2.24, 2.45) is 0 Å². The van der Waals surface area contributed by atoms with E-state index in [4.69, 9.17) is 0 Å². The molecule has 0 radical (unpaired) electrons. The second kappa shape index (κ2) is 6.25. The molecular formula is C13H17N5O2. The summed E-state index contributed by atoms with van der Waals surface area (Å²) in [6, 6.07) is 5.36. The zero-order valence-electron chi connectivity index (χ0n) is 11.5. The number of benzene rings is 1. The van der Waals surface area contributed by atoms with E-state index in [0.29, 0.717) is 18.7 Å². The summed E-state index contributed by atoms with van der Waals surface area (Å²) < 4.78 is 1.73. The topological polar surface area (TPSA) is 85.9 Å². The summed E-state index contributed by atoms with van der Waals surface area (Å²) in [5, 5.41) is 21.8. The van der Waals surface area contributed by atoms with E-state index in [1.165, 1.54) is 0 Å². The van der Waals surface area contributed by atoms with Crippen molar-refractivity contribution in [3.05, 3.63) is 51.8 Å². The number of hydrogen-bond acceptors (Lipinski definition) is 5. The van der Waals surface area contributed by atoms with Gasteiger partial charge in [0.2, 0.25) is 0 Å². The average molecular weight is 275 g/mol. The minimum atomic E-state index is -0.346. The minimum absolute atomic E-state index is 0.0396. The van der Waals surface area contributed by atoms with Crippen LogP contribution >= 0.6 is 0 Å². The molecule has 0 bridgehead atoms. The van der Waals surface area contributed by atoms with Crippen LogP contribution in [0.3, 0.4) is 0 Å². The van der Waals surface area contributed by atoms with Gasteiger partial charge < -0.3 is 5.32 Å². The molecule has 0 aliphatic heterocycles. The molecule has 2 rings (SSSR count). The predicted octanol–water partition coefficient (Wildman–Crippen LogP) is 1.85. The summed E-state index contributed by atoms with van der Waals surface area (Å²) in [4.78, 5) is 10.6. The summed E-state index contributed by atoms with van der Waals surface area (Å²) >= 11 is 0. The van der Waals surface area contributed by atoms with Gasteiger partial charge in [-0.1, -0.05) is 17.3 Å². The quantitative estimate of drug-likeness (QED) is 0.642. The van der Waals surface area contributed by atoms with Gasteiger partial charge in [-0.2, -0.15) is 0 Å². The number of nitrogens with zero attached hydrogens (tertiary/aromatic N) is 4. The maximum absolute atomic E-state index is 10.9. The van der Waals surface area contributed by atoms with Crippen LogP contribution in [-0.4, -0.2) is 26.5 Å². The molecule has 1 N–H and O–H groups in total. The normalized spacial score (nSPS) is 12.3. The molecule has 7 nitrogen and oxygen atoms in total. The van der Waals surface area contributed by atoms with E-state index in [9.17, 15) is 10.1 Å². The van der Waals surface area contributed by atoms with E-state index in [0.717, 1.165) is 5.56 Å². The second-order valence-electron chi connectivity index (χ2n) is 4.64. The molecule has 0 amide bonds. The van der Waals surface area contributed by atoms with E-state index in [1.807, 2.05) is 13.0 Å². The van der Waals surface area contributed by atoms with Gasteiger partial charge in [0.25, 0.3) is 5.69 Å². The van der Waals surface area contributed by atoms with Crippen molar-refractivity contribution in [3.8, 4) is 0 Å². The molecule has 1 heterocycles. The highest BCUT2D eigenvalue weighted by Crippen LogP contribution is 2.22. The van der Waals surface area contributed by atoms with Crippen molar-refractivity contribution in [2.45, 2.75) is 26.4 Å². The van der Waals surface area contributed by atoms with Crippen LogP contribution in [0.4, 0.5) is 5.69 Å². The van der Waals surface area contributed by atoms with Crippen LogP contribution < -0.4 is 5.32 Å². The summed E-state index contributed by atoms with van der Waals surface area (Å²) in [6.07, 6.45) is 3.43. The summed E-state index contributed by atoms with van der Waals surface area (Å²) in [5.74, 6) is 0. The molecule has 20 heavy (non-hydrogen) atoms. The molecule has 0 fully saturated rings. The van der Waals surface area contributed by atoms with Gasteiger partial charge in [0.15, 0.2) is 0 Å². The third-order valence-corrected chi connectivity index (χ3v) is 3.19. The monoisotopic (exact) mass is 275 g/mol. The van der Waals surface area contributed by atoms with Crippen molar-refractivity contribution < 1.29 is 4.92 Å². The van der Waals surface area contributed by atoms with Crippen molar-refractivity contribution in [1.29, 1.82) is 0 Å². The van der Waals surface area contributed by atoms with Gasteiger partial charge in [-0.3, -0.25) is 14.8 Å². The van der Waals surface area contributed by atoms with E-state index in [-0.39, 0.29) is 16.7 Å². The van der Waals surface area contributed by atoms with Gasteiger partial charge in [0.1, 0.15) is 0 Å². The molecule has 1 atom stereocenters. The lowest BCUT2D eigenvalue weighted by Crippen LogP contribution is -2.23. The molecule has 0 aliphatic carbocycles. The van der Waals surface area contributed by atoms with E-state index in [1.54, 1.807) is 36.1 Å². The van der Waals surface area contributed by atoms with Crippen LogP contribution in [0, 0.1) is 17.0 Å². The Balaban J connectivity index is 1.96. The Morgan fingerprint density at radius 2 is 2.30 bits per heavy atom. The predicted molar refractivity (Wildman–Crippen MR) is 74.3 cm³/mol. The summed E-state index contributed by atoms with van der Waals surface area (Å²) in [6.45, 7) is 5.14. The Labute approximate surface area is 116 Å². The zero-order chi connectivity index (χ0) is 14.5. The zero-order valence-corrected chi connectivity index (χ0v) is 11.5. The number of nitrogens with one attached hydrogen (secondary N) is 1. The van der Waals surface area contributed by atoms with Gasteiger partial charge in [-0.15, -0.1) is 5.10 Å². The smallest absolute Gasteiger partial charge is 0.272 e. The molecule has 7 heteroatoms. The van der Waals surface area contributed by atoms with Gasteiger partial charge in [-0.25, -0.2) is 0 Å². The third kappa shape index (κ3) is 3.39. The Morgan fingerprint density at radius 3 is 2.95 bits per heavy atom. The lowest BCUT2D eigenvalue weighted by Gasteiger charge is -2.14. The highest BCUT2D eigenvalue weighted by atomic mass is 16.6. The molecule has 106 valence electrons. The lowest BCUT2D eigenvalue weighted by atomic mass is 10.0. The SMILES string of the molecule is Cc1ccc(C(C)NCCn2ccnn2)cc1[N+](=O)[O-]. The molecule has 1 aromatic heterocycles. The van der Waals surface area contributed by atoms with E-state index >= 15 is 0 Å². The fourth-order valence-electron chi connectivity index (χ4n) is 1.96. The van der Waals surface area contributed by atoms with Gasteiger partial charge in [-0.05, 0) is 19.4 Å². The third-order valence-electron chi connectivity index (χ3n) is 3.19. The molecule has 0 aliphatic rings. The second-order valence-corrected chi connectivity index (χ2v) is 4.64. The Kier molecular flexibility index (Phi) is 4.41. The molecular weight excluding hydrogens is 258 g/mol. The van der Waals surface area contributed by atoms with E-state index < -0.39 is 0 Å². The van der Waals surface area contributed by atoms with Crippen LogP contribution in [-0.2, 0) is 6.54 Å². The number of hydrogen-bond donors (Lipinski definition) is 1. The average Bonchev–Trinajstić information content (AvgIpc) is 2.92. The Hall–Kier alpha value is -2.28. The van der Waals surface area contributed by atoms with Crippen molar-refractivity contribution >= 4 is 5.69 Å². The van der Waals surface area contributed by atoms with E-state index in [2.05, 4.69) is 15.6 Å². The summed E-state index contributed by atoms with van der Waals surface area (Å²) in [7, 11) is 0. The van der Waals surface area contributed by atoms with Gasteiger partial charge in [0.05, 0.1) is 17.7 Å². The minimum Gasteiger partial charge on any atom is -0.308 e. The number of aromatic nitrogens is 3. The molecule has 1 aromatic carbocycles. The largest absolute Gasteiger partial charge is 0.308 e. The Bertz CT molecular complexity index is 582. The first-order chi connectivity index (χ1) is 9.58. The molecule has 0 spiro atoms.